The molecule has 0 atom stereocenters. The van der Waals surface area contributed by atoms with Crippen molar-refractivity contribution in [3.8, 4) is 5.75 Å². The Bertz CT molecular complexity index is 851. The molecular weight excluding hydrogens is 340 g/mol. The molecule has 0 saturated heterocycles. The number of ether oxygens (including phenoxy) is 1. The molecule has 1 heterocycles. The van der Waals surface area contributed by atoms with E-state index < -0.39 is 0 Å². The number of amides is 2. The number of rotatable bonds is 4. The number of hydrogen-bond acceptors (Lipinski definition) is 3. The summed E-state index contributed by atoms with van der Waals surface area (Å²) in [5.74, 6) is 0.441. The topological polar surface area (TPSA) is 58.6 Å². The number of fused-ring (bicyclic) bond motifs is 1. The van der Waals surface area contributed by atoms with Gasteiger partial charge in [-0.15, -0.1) is 0 Å². The van der Waals surface area contributed by atoms with Gasteiger partial charge in [-0.25, -0.2) is 0 Å². The Morgan fingerprint density at radius 1 is 1.11 bits per heavy atom. The molecular formula is C22H26N2O3. The number of carbonyl (C=O) groups excluding carboxylic acids is 2. The normalized spacial score (nSPS) is 13.3. The molecule has 2 aromatic rings. The zero-order valence-electron chi connectivity index (χ0n) is 16.3. The zero-order chi connectivity index (χ0) is 19.6. The lowest BCUT2D eigenvalue weighted by atomic mass is 9.87. The van der Waals surface area contributed by atoms with Gasteiger partial charge in [0.05, 0.1) is 0 Å². The number of carbonyl (C=O) groups is 2. The molecule has 0 fully saturated rings. The first-order valence-electron chi connectivity index (χ1n) is 9.18. The van der Waals surface area contributed by atoms with Crippen LogP contribution >= 0.6 is 0 Å². The lowest BCUT2D eigenvalue weighted by Crippen LogP contribution is -2.26. The molecule has 142 valence electrons. The molecule has 0 aromatic heterocycles. The zero-order valence-corrected chi connectivity index (χ0v) is 16.3. The predicted octanol–water partition coefficient (Wildman–Crippen LogP) is 3.91. The first-order valence-corrected chi connectivity index (χ1v) is 9.18. The second-order valence-electron chi connectivity index (χ2n) is 7.88. The molecule has 1 aliphatic rings. The van der Waals surface area contributed by atoms with Crippen LogP contribution in [0.5, 0.6) is 5.75 Å². The van der Waals surface area contributed by atoms with E-state index in [9.17, 15) is 9.59 Å². The van der Waals surface area contributed by atoms with E-state index in [0.29, 0.717) is 18.0 Å². The molecule has 5 nitrogen and oxygen atoms in total. The highest BCUT2D eigenvalue weighted by Crippen LogP contribution is 2.31. The first kappa shape index (κ1) is 19.0. The molecule has 27 heavy (non-hydrogen) atoms. The van der Waals surface area contributed by atoms with Gasteiger partial charge in [0, 0.05) is 24.8 Å². The van der Waals surface area contributed by atoms with Crippen LogP contribution in [0.2, 0.25) is 0 Å². The third-order valence-corrected chi connectivity index (χ3v) is 4.73. The third-order valence-electron chi connectivity index (χ3n) is 4.73. The van der Waals surface area contributed by atoms with Crippen LogP contribution in [0.25, 0.3) is 0 Å². The van der Waals surface area contributed by atoms with Crippen molar-refractivity contribution >= 4 is 23.2 Å². The molecule has 1 N–H and O–H groups in total. The third kappa shape index (κ3) is 4.48. The summed E-state index contributed by atoms with van der Waals surface area (Å²) in [6, 6.07) is 13.5. The fraction of sp³-hybridized carbons (Fsp3) is 0.364. The van der Waals surface area contributed by atoms with Crippen molar-refractivity contribution in [1.29, 1.82) is 0 Å². The van der Waals surface area contributed by atoms with E-state index in [4.69, 9.17) is 4.74 Å². The Kier molecular flexibility index (Phi) is 5.22. The highest BCUT2D eigenvalue weighted by Gasteiger charge is 2.22. The second-order valence-corrected chi connectivity index (χ2v) is 7.88. The monoisotopic (exact) mass is 366 g/mol. The maximum atomic E-state index is 12.2. The van der Waals surface area contributed by atoms with Gasteiger partial charge in [-0.1, -0.05) is 39.0 Å². The Morgan fingerprint density at radius 3 is 2.44 bits per heavy atom. The Hall–Kier alpha value is -2.82. The second kappa shape index (κ2) is 7.43. The quantitative estimate of drug-likeness (QED) is 0.892. The smallest absolute Gasteiger partial charge is 0.262 e. The SMILES string of the molecule is CC(=O)N1CCc2ccc(NC(=O)COc3ccc(C(C)(C)C)cc3)cc21. The molecule has 5 heteroatoms. The lowest BCUT2D eigenvalue weighted by Gasteiger charge is -2.19. The minimum atomic E-state index is -0.234. The van der Waals surface area contributed by atoms with Gasteiger partial charge < -0.3 is 15.0 Å². The summed E-state index contributed by atoms with van der Waals surface area (Å²) < 4.78 is 5.58. The molecule has 2 amide bonds. The summed E-state index contributed by atoms with van der Waals surface area (Å²) in [6.45, 7) is 8.64. The van der Waals surface area contributed by atoms with Gasteiger partial charge >= 0.3 is 0 Å². The van der Waals surface area contributed by atoms with E-state index >= 15 is 0 Å². The molecule has 0 spiro atoms. The van der Waals surface area contributed by atoms with Crippen molar-refractivity contribution in [3.05, 3.63) is 53.6 Å². The van der Waals surface area contributed by atoms with Crippen LogP contribution < -0.4 is 15.0 Å². The molecule has 0 unspecified atom stereocenters. The Morgan fingerprint density at radius 2 is 1.81 bits per heavy atom. The van der Waals surface area contributed by atoms with Crippen molar-refractivity contribution in [2.75, 3.05) is 23.4 Å². The number of nitrogens with one attached hydrogen (secondary N) is 1. The number of anilines is 2. The van der Waals surface area contributed by atoms with Crippen LogP contribution in [-0.4, -0.2) is 25.0 Å². The van der Waals surface area contributed by atoms with Crippen molar-refractivity contribution < 1.29 is 14.3 Å². The van der Waals surface area contributed by atoms with Gasteiger partial charge in [0.1, 0.15) is 5.75 Å². The summed E-state index contributed by atoms with van der Waals surface area (Å²) in [7, 11) is 0. The minimum absolute atomic E-state index is 0.0132. The number of benzene rings is 2. The van der Waals surface area contributed by atoms with E-state index in [1.54, 1.807) is 11.8 Å². The molecule has 2 aromatic carbocycles. The van der Waals surface area contributed by atoms with Gasteiger partial charge in [-0.3, -0.25) is 9.59 Å². The number of hydrogen-bond donors (Lipinski definition) is 1. The molecule has 0 radical (unpaired) electrons. The van der Waals surface area contributed by atoms with E-state index in [-0.39, 0.29) is 23.8 Å². The average molecular weight is 366 g/mol. The van der Waals surface area contributed by atoms with Crippen molar-refractivity contribution in [2.45, 2.75) is 39.5 Å². The summed E-state index contributed by atoms with van der Waals surface area (Å²) in [6.07, 6.45) is 0.844. The summed E-state index contributed by atoms with van der Waals surface area (Å²) in [5.41, 5.74) is 3.96. The van der Waals surface area contributed by atoms with E-state index in [1.807, 2.05) is 42.5 Å². The Labute approximate surface area is 160 Å². The molecule has 0 aliphatic carbocycles. The summed E-state index contributed by atoms with van der Waals surface area (Å²) in [5, 5.41) is 2.84. The minimum Gasteiger partial charge on any atom is -0.484 e. The Balaban J connectivity index is 1.59. The van der Waals surface area contributed by atoms with Crippen LogP contribution in [0.4, 0.5) is 11.4 Å². The molecule has 3 rings (SSSR count). The highest BCUT2D eigenvalue weighted by molar-refractivity contribution is 5.96. The van der Waals surface area contributed by atoms with Gasteiger partial charge in [0.25, 0.3) is 5.91 Å². The molecule has 1 aliphatic heterocycles. The largest absolute Gasteiger partial charge is 0.484 e. The highest BCUT2D eigenvalue weighted by atomic mass is 16.5. The maximum Gasteiger partial charge on any atom is 0.262 e. The molecule has 0 bridgehead atoms. The predicted molar refractivity (Wildman–Crippen MR) is 107 cm³/mol. The average Bonchev–Trinajstić information content (AvgIpc) is 3.03. The fourth-order valence-electron chi connectivity index (χ4n) is 3.18. The summed E-state index contributed by atoms with van der Waals surface area (Å²) in [4.78, 5) is 25.7. The van der Waals surface area contributed by atoms with E-state index in [0.717, 1.165) is 17.7 Å². The van der Waals surface area contributed by atoms with Gasteiger partial charge in [-0.05, 0) is 47.2 Å². The fourth-order valence-corrected chi connectivity index (χ4v) is 3.18. The van der Waals surface area contributed by atoms with Gasteiger partial charge in [-0.2, -0.15) is 0 Å². The van der Waals surface area contributed by atoms with Crippen molar-refractivity contribution in [2.24, 2.45) is 0 Å². The standard InChI is InChI=1S/C22H26N2O3/c1-15(25)24-12-11-16-5-8-18(13-20(16)24)23-21(26)14-27-19-9-6-17(7-10-19)22(2,3)4/h5-10,13H,11-12,14H2,1-4H3,(H,23,26). The van der Waals surface area contributed by atoms with E-state index in [1.165, 1.54) is 5.56 Å². The van der Waals surface area contributed by atoms with Gasteiger partial charge in [0.15, 0.2) is 6.61 Å². The lowest BCUT2D eigenvalue weighted by molar-refractivity contribution is -0.118. The van der Waals surface area contributed by atoms with Crippen LogP contribution in [0.15, 0.2) is 42.5 Å². The van der Waals surface area contributed by atoms with Crippen LogP contribution in [0, 0.1) is 0 Å². The summed E-state index contributed by atoms with van der Waals surface area (Å²) >= 11 is 0. The van der Waals surface area contributed by atoms with Crippen molar-refractivity contribution in [3.63, 3.8) is 0 Å². The molecule has 0 saturated carbocycles. The van der Waals surface area contributed by atoms with Crippen LogP contribution in [-0.2, 0) is 21.4 Å². The van der Waals surface area contributed by atoms with Crippen LogP contribution in [0.3, 0.4) is 0 Å². The van der Waals surface area contributed by atoms with Crippen LogP contribution in [0.1, 0.15) is 38.8 Å². The van der Waals surface area contributed by atoms with E-state index in [2.05, 4.69) is 26.1 Å². The maximum absolute atomic E-state index is 12.2. The number of nitrogens with zero attached hydrogens (tertiary/aromatic N) is 1. The van der Waals surface area contributed by atoms with Gasteiger partial charge in [0.2, 0.25) is 5.91 Å². The first-order chi connectivity index (χ1) is 12.7. The van der Waals surface area contributed by atoms with Crippen molar-refractivity contribution in [1.82, 2.24) is 0 Å².